The monoisotopic (exact) mass is 643 g/mol. The predicted molar refractivity (Wildman–Crippen MR) is 173 cm³/mol. The van der Waals surface area contributed by atoms with Gasteiger partial charge in [0.25, 0.3) is 0 Å². The van der Waals surface area contributed by atoms with Crippen molar-refractivity contribution in [3.05, 3.63) is 94.5 Å². The zero-order valence-corrected chi connectivity index (χ0v) is 27.0. The molecule has 44 heavy (non-hydrogen) atoms. The highest BCUT2D eigenvalue weighted by Gasteiger charge is 2.31. The van der Waals surface area contributed by atoms with Crippen molar-refractivity contribution in [2.75, 3.05) is 26.0 Å². The minimum atomic E-state index is -3.92. The van der Waals surface area contributed by atoms with E-state index in [-0.39, 0.29) is 42.6 Å². The quantitative estimate of drug-likeness (QED) is 0.186. The average molecular weight is 644 g/mol. The Bertz CT molecular complexity index is 1500. The van der Waals surface area contributed by atoms with Crippen LogP contribution in [0, 0.1) is 5.92 Å². The van der Waals surface area contributed by atoms with Crippen LogP contribution in [0.3, 0.4) is 0 Å². The summed E-state index contributed by atoms with van der Waals surface area (Å²) in [6, 6.07) is 19.0. The molecular weight excluding hydrogens is 602 g/mol. The van der Waals surface area contributed by atoms with Crippen LogP contribution in [0.2, 0.25) is 5.02 Å². The summed E-state index contributed by atoms with van der Waals surface area (Å²) in [5.41, 5.74) is 8.55. The Kier molecular flexibility index (Phi) is 13.2. The Hall–Kier alpha value is -3.44. The van der Waals surface area contributed by atoms with Gasteiger partial charge < -0.3 is 20.9 Å². The number of nitrogens with one attached hydrogen (secondary N) is 1. The highest BCUT2D eigenvalue weighted by molar-refractivity contribution is 7.89. The molecule has 2 atom stereocenters. The van der Waals surface area contributed by atoms with Crippen molar-refractivity contribution < 1.29 is 27.9 Å². The van der Waals surface area contributed by atoms with Crippen molar-refractivity contribution >= 4 is 39.2 Å². The lowest BCUT2D eigenvalue weighted by Gasteiger charge is -2.30. The first-order chi connectivity index (χ1) is 21.0. The average Bonchev–Trinajstić information content (AvgIpc) is 3.00. The van der Waals surface area contributed by atoms with Gasteiger partial charge in [-0.3, -0.25) is 4.79 Å². The summed E-state index contributed by atoms with van der Waals surface area (Å²) < 4.78 is 33.6. The van der Waals surface area contributed by atoms with E-state index in [2.05, 4.69) is 5.32 Å². The molecule has 0 radical (unpaired) electrons. The van der Waals surface area contributed by atoms with Crippen molar-refractivity contribution in [1.82, 2.24) is 9.62 Å². The van der Waals surface area contributed by atoms with E-state index in [9.17, 15) is 23.1 Å². The van der Waals surface area contributed by atoms with Gasteiger partial charge in [0.1, 0.15) is 0 Å². The molecule has 0 aliphatic heterocycles. The highest BCUT2D eigenvalue weighted by atomic mass is 35.5. The molecule has 3 aromatic rings. The second kappa shape index (κ2) is 16.6. The number of nitrogens with two attached hydrogens (primary N) is 1. The van der Waals surface area contributed by atoms with Gasteiger partial charge in [-0.15, -0.1) is 0 Å². The van der Waals surface area contributed by atoms with E-state index in [0.29, 0.717) is 35.5 Å². The van der Waals surface area contributed by atoms with Crippen molar-refractivity contribution in [3.8, 4) is 0 Å². The lowest BCUT2D eigenvalue weighted by molar-refractivity contribution is -0.120. The van der Waals surface area contributed by atoms with E-state index in [4.69, 9.17) is 22.1 Å². The summed E-state index contributed by atoms with van der Waals surface area (Å²) in [6.07, 6.45) is 0.867. The van der Waals surface area contributed by atoms with Crippen LogP contribution in [0.1, 0.15) is 43.4 Å². The molecule has 0 saturated carbocycles. The summed E-state index contributed by atoms with van der Waals surface area (Å²) in [6.45, 7) is 3.92. The number of ether oxygens (including phenoxy) is 1. The minimum absolute atomic E-state index is 0.0277. The van der Waals surface area contributed by atoms with Crippen molar-refractivity contribution in [2.45, 2.75) is 62.9 Å². The molecule has 0 aromatic heterocycles. The maximum Gasteiger partial charge on any atom is 0.407 e. The van der Waals surface area contributed by atoms with Crippen LogP contribution in [0.5, 0.6) is 0 Å². The Morgan fingerprint density at radius 3 is 2.16 bits per heavy atom. The molecule has 238 valence electrons. The topological polar surface area (TPSA) is 139 Å². The second-order valence-electron chi connectivity index (χ2n) is 11.1. The number of anilines is 1. The summed E-state index contributed by atoms with van der Waals surface area (Å²) in [4.78, 5) is 25.7. The number of carbonyl (C=O) groups is 2. The van der Waals surface area contributed by atoms with Crippen LogP contribution >= 0.6 is 11.6 Å². The second-order valence-corrected chi connectivity index (χ2v) is 13.4. The van der Waals surface area contributed by atoms with Crippen molar-refractivity contribution in [2.24, 2.45) is 5.92 Å². The SMILES string of the molecule is COC(=O)N[C@@H](Cc1ccccc1Cl)C(=O)Cc1ccccc1CC[C@@H](CO)N(CCC(C)C)S(=O)(=O)c1ccc(N)cc1. The van der Waals surface area contributed by atoms with Gasteiger partial charge in [-0.05, 0) is 72.2 Å². The van der Waals surface area contributed by atoms with Gasteiger partial charge in [-0.1, -0.05) is 67.9 Å². The molecule has 0 fully saturated rings. The number of hydrogen-bond donors (Lipinski definition) is 3. The van der Waals surface area contributed by atoms with E-state index in [1.165, 1.54) is 23.5 Å². The number of amides is 1. The number of methoxy groups -OCH3 is 1. The van der Waals surface area contributed by atoms with Crippen molar-refractivity contribution in [1.29, 1.82) is 0 Å². The number of sulfonamides is 1. The number of nitrogens with zero attached hydrogens (tertiary/aromatic N) is 1. The van der Waals surface area contributed by atoms with Gasteiger partial charge in [0.05, 0.1) is 24.7 Å². The fraction of sp³-hybridized carbons (Fsp3) is 0.394. The molecule has 4 N–H and O–H groups in total. The Morgan fingerprint density at radius 1 is 0.955 bits per heavy atom. The first-order valence-corrected chi connectivity index (χ1v) is 16.4. The Morgan fingerprint density at radius 2 is 1.57 bits per heavy atom. The molecule has 0 bridgehead atoms. The molecule has 0 heterocycles. The molecule has 0 aliphatic carbocycles. The third-order valence-corrected chi connectivity index (χ3v) is 9.84. The molecule has 0 spiro atoms. The van der Waals surface area contributed by atoms with Crippen molar-refractivity contribution in [3.63, 3.8) is 0 Å². The van der Waals surface area contributed by atoms with Crippen LogP contribution in [-0.2, 0) is 38.8 Å². The molecule has 1 amide bonds. The van der Waals surface area contributed by atoms with Gasteiger partial charge in [-0.25, -0.2) is 13.2 Å². The number of halogens is 1. The summed E-state index contributed by atoms with van der Waals surface area (Å²) in [5.74, 6) is 0.0217. The van der Waals surface area contributed by atoms with Gasteiger partial charge in [-0.2, -0.15) is 4.31 Å². The van der Waals surface area contributed by atoms with E-state index in [1.807, 2.05) is 44.2 Å². The van der Waals surface area contributed by atoms with Gasteiger partial charge in [0, 0.05) is 36.1 Å². The zero-order chi connectivity index (χ0) is 32.3. The predicted octanol–water partition coefficient (Wildman–Crippen LogP) is 5.03. The highest BCUT2D eigenvalue weighted by Crippen LogP contribution is 2.25. The number of carbonyl (C=O) groups excluding carboxylic acids is 2. The Balaban J connectivity index is 1.82. The van der Waals surface area contributed by atoms with Crippen LogP contribution in [0.4, 0.5) is 10.5 Å². The van der Waals surface area contributed by atoms with Gasteiger partial charge >= 0.3 is 6.09 Å². The largest absolute Gasteiger partial charge is 0.453 e. The third kappa shape index (κ3) is 9.79. The molecule has 9 nitrogen and oxygen atoms in total. The fourth-order valence-electron chi connectivity index (χ4n) is 4.92. The summed E-state index contributed by atoms with van der Waals surface area (Å²) in [5, 5.41) is 13.5. The van der Waals surface area contributed by atoms with Crippen LogP contribution < -0.4 is 11.1 Å². The normalized spacial score (nSPS) is 13.1. The number of rotatable bonds is 16. The first kappa shape index (κ1) is 35.0. The first-order valence-electron chi connectivity index (χ1n) is 14.6. The molecule has 0 unspecified atom stereocenters. The molecule has 0 saturated heterocycles. The van der Waals surface area contributed by atoms with Crippen LogP contribution in [0.25, 0.3) is 0 Å². The summed E-state index contributed by atoms with van der Waals surface area (Å²) >= 11 is 6.33. The molecular formula is C33H42ClN3O6S. The molecule has 0 aliphatic rings. The molecule has 3 aromatic carbocycles. The summed E-state index contributed by atoms with van der Waals surface area (Å²) in [7, 11) is -2.68. The third-order valence-electron chi connectivity index (χ3n) is 7.51. The van der Waals surface area contributed by atoms with E-state index in [0.717, 1.165) is 11.1 Å². The zero-order valence-electron chi connectivity index (χ0n) is 25.4. The van der Waals surface area contributed by atoms with E-state index < -0.39 is 28.2 Å². The maximum absolute atomic E-state index is 13.7. The molecule has 3 rings (SSSR count). The number of benzene rings is 3. The van der Waals surface area contributed by atoms with E-state index >= 15 is 0 Å². The number of ketones is 1. The van der Waals surface area contributed by atoms with E-state index in [1.54, 1.807) is 30.3 Å². The number of hydrogen-bond acceptors (Lipinski definition) is 7. The molecule has 11 heteroatoms. The van der Waals surface area contributed by atoms with Crippen LogP contribution in [-0.4, -0.2) is 62.1 Å². The number of aliphatic hydroxyl groups is 1. The lowest BCUT2D eigenvalue weighted by atomic mass is 9.93. The van der Waals surface area contributed by atoms with Crippen LogP contribution in [0.15, 0.2) is 77.7 Å². The fourth-order valence-corrected chi connectivity index (χ4v) is 6.80. The lowest BCUT2D eigenvalue weighted by Crippen LogP contribution is -2.44. The van der Waals surface area contributed by atoms with Gasteiger partial charge in [0.15, 0.2) is 5.78 Å². The standard InChI is InChI=1S/C33H42ClN3O6S/c1-23(2)18-19-37(44(41,42)29-16-13-27(35)14-17-29)28(22-38)15-12-24-8-4-5-9-25(24)21-32(39)31(36-33(40)43-3)20-26-10-6-7-11-30(26)34/h4-11,13-14,16-17,23,28,31,38H,12,15,18-22,35H2,1-3H3,(H,36,40)/t28-,31-/m0/s1. The number of aryl methyl sites for hydroxylation is 1. The maximum atomic E-state index is 13.7. The number of Topliss-reactive ketones (excluding diaryl/α,β-unsaturated/α-hetero) is 1. The minimum Gasteiger partial charge on any atom is -0.453 e. The van der Waals surface area contributed by atoms with Gasteiger partial charge in [0.2, 0.25) is 10.0 Å². The number of alkyl carbamates (subject to hydrolysis) is 1. The number of nitrogen functional groups attached to an aromatic ring is 1. The Labute approximate surface area is 265 Å². The smallest absolute Gasteiger partial charge is 0.407 e. The number of aliphatic hydroxyl groups excluding tert-OH is 1.